The largest absolute Gasteiger partial charge is 0.373 e. The third-order valence-corrected chi connectivity index (χ3v) is 6.68. The number of hydrogen-bond donors (Lipinski definition) is 0. The molecule has 4 rings (SSSR count). The summed E-state index contributed by atoms with van der Waals surface area (Å²) in [5.41, 5.74) is 1.50. The van der Waals surface area contributed by atoms with Crippen LogP contribution >= 0.6 is 0 Å². The second-order valence-electron chi connectivity index (χ2n) is 7.52. The predicted octanol–water partition coefficient (Wildman–Crippen LogP) is 2.09. The Morgan fingerprint density at radius 1 is 1.17 bits per heavy atom. The van der Waals surface area contributed by atoms with Crippen LogP contribution in [0.1, 0.15) is 5.56 Å². The lowest BCUT2D eigenvalue weighted by Gasteiger charge is -2.36. The Labute approximate surface area is 169 Å². The lowest BCUT2D eigenvalue weighted by Crippen LogP contribution is -2.50. The van der Waals surface area contributed by atoms with E-state index in [4.69, 9.17) is 4.74 Å². The number of nitro benzene ring substituents is 1. The fourth-order valence-corrected chi connectivity index (χ4v) is 4.99. The molecule has 2 aliphatic heterocycles. The number of nitro groups is 1. The molecule has 0 bridgehead atoms. The summed E-state index contributed by atoms with van der Waals surface area (Å²) < 4.78 is 30.1. The number of anilines is 1. The van der Waals surface area contributed by atoms with Crippen molar-refractivity contribution in [1.29, 1.82) is 0 Å². The average molecular weight is 417 g/mol. The molecule has 0 aromatic heterocycles. The summed E-state index contributed by atoms with van der Waals surface area (Å²) in [6.07, 6.45) is 1.01. The Morgan fingerprint density at radius 2 is 1.93 bits per heavy atom. The highest BCUT2D eigenvalue weighted by Gasteiger charge is 2.40. The molecule has 0 aliphatic carbocycles. The molecular formula is C20H23N3O5S. The Hall–Kier alpha value is -2.49. The van der Waals surface area contributed by atoms with E-state index in [9.17, 15) is 18.5 Å². The average Bonchev–Trinajstić information content (AvgIpc) is 3.13. The van der Waals surface area contributed by atoms with Gasteiger partial charge in [-0.3, -0.25) is 15.0 Å². The van der Waals surface area contributed by atoms with Crippen LogP contribution in [-0.2, 0) is 21.1 Å². The lowest BCUT2D eigenvalue weighted by atomic mass is 10.1. The van der Waals surface area contributed by atoms with Gasteiger partial charge in [-0.05, 0) is 17.7 Å². The number of fused-ring (bicyclic) bond motifs is 1. The summed E-state index contributed by atoms with van der Waals surface area (Å²) in [4.78, 5) is 14.8. The number of benzene rings is 2. The maximum atomic E-state index is 12.1. The van der Waals surface area contributed by atoms with Crippen LogP contribution in [-0.4, -0.2) is 62.9 Å². The minimum atomic E-state index is -3.72. The van der Waals surface area contributed by atoms with Gasteiger partial charge in [0.25, 0.3) is 5.69 Å². The van der Waals surface area contributed by atoms with Gasteiger partial charge in [0.15, 0.2) is 9.84 Å². The standard InChI is InChI=1S/C20H23N3O5S/c1-29(26,27)20-11-16(7-8-17(20)23(24)25)22-13-18-19(14-22)28-10-9-21(18)12-15-5-3-2-4-6-15/h2-8,11,18-19H,9-10,12-14H2,1H3. The van der Waals surface area contributed by atoms with Crippen LogP contribution < -0.4 is 4.90 Å². The summed E-state index contributed by atoms with van der Waals surface area (Å²) in [6, 6.07) is 14.7. The first-order valence-electron chi connectivity index (χ1n) is 9.46. The molecule has 2 aromatic carbocycles. The number of hydrogen-bond acceptors (Lipinski definition) is 7. The van der Waals surface area contributed by atoms with Crippen LogP contribution in [0, 0.1) is 10.1 Å². The van der Waals surface area contributed by atoms with Crippen molar-refractivity contribution < 1.29 is 18.1 Å². The first kappa shape index (κ1) is 19.8. The Balaban J connectivity index is 1.58. The van der Waals surface area contributed by atoms with Gasteiger partial charge < -0.3 is 9.64 Å². The molecule has 154 valence electrons. The van der Waals surface area contributed by atoms with Crippen molar-refractivity contribution in [2.75, 3.05) is 37.4 Å². The van der Waals surface area contributed by atoms with E-state index in [0.29, 0.717) is 25.4 Å². The summed E-state index contributed by atoms with van der Waals surface area (Å²) in [5, 5.41) is 11.2. The van der Waals surface area contributed by atoms with E-state index in [2.05, 4.69) is 21.9 Å². The molecule has 2 fully saturated rings. The second-order valence-corrected chi connectivity index (χ2v) is 9.50. The van der Waals surface area contributed by atoms with Crippen LogP contribution in [0.15, 0.2) is 53.4 Å². The first-order chi connectivity index (χ1) is 13.8. The molecule has 2 unspecified atom stereocenters. The second kappa shape index (κ2) is 7.74. The quantitative estimate of drug-likeness (QED) is 0.543. The minimum Gasteiger partial charge on any atom is -0.373 e. The third-order valence-electron chi connectivity index (χ3n) is 5.55. The number of sulfone groups is 1. The van der Waals surface area contributed by atoms with Crippen LogP contribution in [0.4, 0.5) is 11.4 Å². The number of nitrogens with zero attached hydrogens (tertiary/aromatic N) is 3. The van der Waals surface area contributed by atoms with E-state index in [1.54, 1.807) is 6.07 Å². The molecule has 0 spiro atoms. The highest BCUT2D eigenvalue weighted by atomic mass is 32.2. The fourth-order valence-electron chi connectivity index (χ4n) is 4.13. The molecule has 0 radical (unpaired) electrons. The van der Waals surface area contributed by atoms with Gasteiger partial charge in [-0.1, -0.05) is 30.3 Å². The van der Waals surface area contributed by atoms with Gasteiger partial charge >= 0.3 is 0 Å². The van der Waals surface area contributed by atoms with E-state index in [0.717, 1.165) is 19.3 Å². The van der Waals surface area contributed by atoms with Crippen LogP contribution in [0.3, 0.4) is 0 Å². The number of morpholine rings is 1. The summed E-state index contributed by atoms with van der Waals surface area (Å²) in [5.74, 6) is 0. The molecule has 2 atom stereocenters. The maximum Gasteiger partial charge on any atom is 0.288 e. The highest BCUT2D eigenvalue weighted by Crippen LogP contribution is 2.33. The smallest absolute Gasteiger partial charge is 0.288 e. The number of rotatable bonds is 5. The zero-order valence-corrected chi connectivity index (χ0v) is 16.9. The van der Waals surface area contributed by atoms with E-state index in [1.807, 2.05) is 18.2 Å². The van der Waals surface area contributed by atoms with Crippen molar-refractivity contribution in [3.05, 3.63) is 64.2 Å². The van der Waals surface area contributed by atoms with Gasteiger partial charge in [0.1, 0.15) is 4.90 Å². The van der Waals surface area contributed by atoms with Gasteiger partial charge in [-0.2, -0.15) is 0 Å². The minimum absolute atomic E-state index is 0.0179. The number of ether oxygens (including phenoxy) is 1. The van der Waals surface area contributed by atoms with Gasteiger partial charge in [0, 0.05) is 44.2 Å². The molecule has 9 heteroatoms. The van der Waals surface area contributed by atoms with Crippen molar-refractivity contribution in [3.63, 3.8) is 0 Å². The van der Waals surface area contributed by atoms with E-state index in [-0.39, 0.29) is 17.0 Å². The van der Waals surface area contributed by atoms with E-state index >= 15 is 0 Å². The molecule has 8 nitrogen and oxygen atoms in total. The van der Waals surface area contributed by atoms with Crippen LogP contribution in [0.5, 0.6) is 0 Å². The summed E-state index contributed by atoms with van der Waals surface area (Å²) in [7, 11) is -3.72. The summed E-state index contributed by atoms with van der Waals surface area (Å²) in [6.45, 7) is 3.61. The van der Waals surface area contributed by atoms with Crippen molar-refractivity contribution in [3.8, 4) is 0 Å². The molecule has 2 saturated heterocycles. The summed E-state index contributed by atoms with van der Waals surface area (Å²) >= 11 is 0. The topological polar surface area (TPSA) is 93.0 Å². The zero-order valence-electron chi connectivity index (χ0n) is 16.1. The first-order valence-corrected chi connectivity index (χ1v) is 11.3. The normalized spacial score (nSPS) is 22.4. The Bertz CT molecular complexity index is 1010. The molecule has 2 aliphatic rings. The molecule has 2 aromatic rings. The molecule has 0 saturated carbocycles. The monoisotopic (exact) mass is 417 g/mol. The maximum absolute atomic E-state index is 12.1. The molecule has 0 amide bonds. The Kier molecular flexibility index (Phi) is 5.28. The third kappa shape index (κ3) is 4.12. The van der Waals surface area contributed by atoms with Gasteiger partial charge in [0.2, 0.25) is 0 Å². The molecule has 2 heterocycles. The highest BCUT2D eigenvalue weighted by molar-refractivity contribution is 7.90. The van der Waals surface area contributed by atoms with E-state index in [1.165, 1.54) is 17.7 Å². The van der Waals surface area contributed by atoms with Gasteiger partial charge in [-0.15, -0.1) is 0 Å². The fraction of sp³-hybridized carbons (Fsp3) is 0.400. The van der Waals surface area contributed by atoms with Crippen molar-refractivity contribution in [2.45, 2.75) is 23.6 Å². The van der Waals surface area contributed by atoms with Crippen LogP contribution in [0.25, 0.3) is 0 Å². The van der Waals surface area contributed by atoms with Crippen molar-refractivity contribution >= 4 is 21.2 Å². The Morgan fingerprint density at radius 3 is 2.62 bits per heavy atom. The zero-order chi connectivity index (χ0) is 20.6. The predicted molar refractivity (Wildman–Crippen MR) is 109 cm³/mol. The lowest BCUT2D eigenvalue weighted by molar-refractivity contribution is -0.387. The molecule has 29 heavy (non-hydrogen) atoms. The van der Waals surface area contributed by atoms with Gasteiger partial charge in [-0.25, -0.2) is 8.42 Å². The van der Waals surface area contributed by atoms with Crippen LogP contribution in [0.2, 0.25) is 0 Å². The van der Waals surface area contributed by atoms with Gasteiger partial charge in [0.05, 0.1) is 23.7 Å². The van der Waals surface area contributed by atoms with Crippen molar-refractivity contribution in [1.82, 2.24) is 4.90 Å². The molecular weight excluding hydrogens is 394 g/mol. The molecule has 0 N–H and O–H groups in total. The van der Waals surface area contributed by atoms with E-state index < -0.39 is 20.4 Å². The van der Waals surface area contributed by atoms with Crippen molar-refractivity contribution in [2.24, 2.45) is 0 Å². The SMILES string of the molecule is CS(=O)(=O)c1cc(N2CC3OCCN(Cc4ccccc4)C3C2)ccc1[N+](=O)[O-].